The zero-order chi connectivity index (χ0) is 14.1. The Labute approximate surface area is 98.8 Å². The van der Waals surface area contributed by atoms with Crippen LogP contribution in [0.5, 0.6) is 0 Å². The first kappa shape index (κ1) is 14.4. The molecule has 0 saturated carbocycles. The number of carbonyl (C=O) groups is 1. The van der Waals surface area contributed by atoms with Gasteiger partial charge in [0.1, 0.15) is 11.6 Å². The highest BCUT2D eigenvalue weighted by Gasteiger charge is 2.54. The van der Waals surface area contributed by atoms with Crippen LogP contribution in [0, 0.1) is 11.6 Å². The molecule has 0 bridgehead atoms. The van der Waals surface area contributed by atoms with E-state index in [2.05, 4.69) is 0 Å². The topological polar surface area (TPSA) is 55.1 Å². The predicted octanol–water partition coefficient (Wildman–Crippen LogP) is 2.18. The summed E-state index contributed by atoms with van der Waals surface area (Å²) in [6, 6.07) is 2.02. The number of halogens is 5. The van der Waals surface area contributed by atoms with Gasteiger partial charge in [-0.2, -0.15) is 13.2 Å². The molecule has 0 aliphatic rings. The number of hydrogen-bond acceptors (Lipinski definition) is 2. The van der Waals surface area contributed by atoms with Crippen molar-refractivity contribution in [3.05, 3.63) is 29.8 Å². The van der Waals surface area contributed by atoms with E-state index in [0.717, 1.165) is 12.1 Å². The molecule has 0 aliphatic carbocycles. The number of nitrogens with one attached hydrogen (secondary N) is 1. The molecule has 0 radical (unpaired) electrons. The molecule has 0 spiro atoms. The summed E-state index contributed by atoms with van der Waals surface area (Å²) in [5.41, 5.74) is 1.08. The van der Waals surface area contributed by atoms with Crippen molar-refractivity contribution in [1.82, 2.24) is 0 Å². The summed E-state index contributed by atoms with van der Waals surface area (Å²) in [4.78, 5) is 11.3. The average Bonchev–Trinajstić information content (AvgIpc) is 2.20. The summed E-state index contributed by atoms with van der Waals surface area (Å²) < 4.78 is 62.9. The molecule has 0 heterocycles. The minimum Gasteiger partial charge on any atom is -0.322 e. The molecule has 100 valence electrons. The van der Waals surface area contributed by atoms with E-state index in [-0.39, 0.29) is 0 Å². The van der Waals surface area contributed by atoms with Gasteiger partial charge in [-0.25, -0.2) is 8.78 Å². The molecule has 1 aromatic carbocycles. The van der Waals surface area contributed by atoms with E-state index in [1.807, 2.05) is 0 Å². The van der Waals surface area contributed by atoms with Crippen molar-refractivity contribution in [2.45, 2.75) is 18.6 Å². The molecule has 3 nitrogen and oxygen atoms in total. The lowest BCUT2D eigenvalue weighted by Crippen LogP contribution is -2.59. The van der Waals surface area contributed by atoms with Crippen molar-refractivity contribution in [3.8, 4) is 0 Å². The highest BCUT2D eigenvalue weighted by molar-refractivity contribution is 5.98. The highest BCUT2D eigenvalue weighted by Crippen LogP contribution is 2.29. The van der Waals surface area contributed by atoms with Gasteiger partial charge >= 0.3 is 6.18 Å². The SMILES string of the molecule is CC(N)(C(=O)Nc1ccc(F)cc1F)C(F)(F)F. The molecular formula is C10H9F5N2O. The minimum atomic E-state index is -4.99. The fourth-order valence-corrected chi connectivity index (χ4v) is 0.972. The Bertz CT molecular complexity index is 470. The van der Waals surface area contributed by atoms with E-state index in [4.69, 9.17) is 5.73 Å². The predicted molar refractivity (Wildman–Crippen MR) is 53.6 cm³/mol. The lowest BCUT2D eigenvalue weighted by molar-refractivity contribution is -0.184. The van der Waals surface area contributed by atoms with Crippen LogP contribution in [0.15, 0.2) is 18.2 Å². The number of benzene rings is 1. The number of nitrogens with two attached hydrogens (primary N) is 1. The highest BCUT2D eigenvalue weighted by atomic mass is 19.4. The maximum Gasteiger partial charge on any atom is 0.415 e. The first-order valence-electron chi connectivity index (χ1n) is 4.68. The normalized spacial score (nSPS) is 15.1. The molecule has 0 fully saturated rings. The van der Waals surface area contributed by atoms with Gasteiger partial charge in [0.15, 0.2) is 5.54 Å². The van der Waals surface area contributed by atoms with Crippen molar-refractivity contribution in [3.63, 3.8) is 0 Å². The van der Waals surface area contributed by atoms with Gasteiger partial charge in [0.25, 0.3) is 5.91 Å². The Balaban J connectivity index is 2.95. The molecule has 0 aliphatic heterocycles. The summed E-state index contributed by atoms with van der Waals surface area (Å²) in [7, 11) is 0. The van der Waals surface area contributed by atoms with Gasteiger partial charge in [0, 0.05) is 6.07 Å². The summed E-state index contributed by atoms with van der Waals surface area (Å²) in [6.45, 7) is 0.448. The second-order valence-electron chi connectivity index (χ2n) is 3.78. The summed E-state index contributed by atoms with van der Waals surface area (Å²) in [5.74, 6) is -3.75. The largest absolute Gasteiger partial charge is 0.415 e. The molecule has 1 amide bonds. The number of alkyl halides is 3. The van der Waals surface area contributed by atoms with Crippen molar-refractivity contribution >= 4 is 11.6 Å². The number of amides is 1. The smallest absolute Gasteiger partial charge is 0.322 e. The Morgan fingerprint density at radius 2 is 1.83 bits per heavy atom. The van der Waals surface area contributed by atoms with E-state index in [0.29, 0.717) is 13.0 Å². The number of hydrogen-bond donors (Lipinski definition) is 2. The Morgan fingerprint density at radius 3 is 2.28 bits per heavy atom. The Morgan fingerprint density at radius 1 is 1.28 bits per heavy atom. The number of rotatable bonds is 2. The second-order valence-corrected chi connectivity index (χ2v) is 3.78. The van der Waals surface area contributed by atoms with E-state index in [9.17, 15) is 26.7 Å². The molecule has 1 unspecified atom stereocenters. The van der Waals surface area contributed by atoms with Crippen LogP contribution in [0.25, 0.3) is 0 Å². The van der Waals surface area contributed by atoms with Crippen LogP contribution in [-0.2, 0) is 4.79 Å². The molecule has 0 aromatic heterocycles. The van der Waals surface area contributed by atoms with Crippen molar-refractivity contribution in [2.24, 2.45) is 5.73 Å². The van der Waals surface area contributed by atoms with Gasteiger partial charge in [-0.15, -0.1) is 0 Å². The first-order valence-corrected chi connectivity index (χ1v) is 4.68. The fourth-order valence-electron chi connectivity index (χ4n) is 0.972. The molecule has 3 N–H and O–H groups in total. The third-order valence-electron chi connectivity index (χ3n) is 2.24. The van der Waals surface area contributed by atoms with Crippen LogP contribution in [0.4, 0.5) is 27.6 Å². The maximum atomic E-state index is 13.1. The molecule has 1 atom stereocenters. The monoisotopic (exact) mass is 268 g/mol. The lowest BCUT2D eigenvalue weighted by atomic mass is 10.0. The van der Waals surface area contributed by atoms with Crippen molar-refractivity contribution < 1.29 is 26.7 Å². The van der Waals surface area contributed by atoms with Crippen LogP contribution >= 0.6 is 0 Å². The maximum absolute atomic E-state index is 13.1. The fraction of sp³-hybridized carbons (Fsp3) is 0.300. The third-order valence-corrected chi connectivity index (χ3v) is 2.24. The number of carbonyl (C=O) groups excluding carboxylic acids is 1. The van der Waals surface area contributed by atoms with Crippen LogP contribution in [0.2, 0.25) is 0 Å². The molecular weight excluding hydrogens is 259 g/mol. The average molecular weight is 268 g/mol. The molecule has 1 rings (SSSR count). The van der Waals surface area contributed by atoms with Gasteiger partial charge in [-0.3, -0.25) is 4.79 Å². The van der Waals surface area contributed by atoms with E-state index >= 15 is 0 Å². The van der Waals surface area contributed by atoms with Crippen LogP contribution < -0.4 is 11.1 Å². The zero-order valence-electron chi connectivity index (χ0n) is 9.11. The van der Waals surface area contributed by atoms with Gasteiger partial charge in [0.05, 0.1) is 5.69 Å². The molecule has 1 aromatic rings. The van der Waals surface area contributed by atoms with E-state index < -0.39 is 34.9 Å². The quantitative estimate of drug-likeness (QED) is 0.808. The Hall–Kier alpha value is -1.70. The van der Waals surface area contributed by atoms with Crippen LogP contribution in [0.3, 0.4) is 0 Å². The van der Waals surface area contributed by atoms with Crippen LogP contribution in [-0.4, -0.2) is 17.6 Å². The van der Waals surface area contributed by atoms with Gasteiger partial charge in [-0.1, -0.05) is 0 Å². The minimum absolute atomic E-state index is 0.428. The summed E-state index contributed by atoms with van der Waals surface area (Å²) >= 11 is 0. The van der Waals surface area contributed by atoms with Crippen molar-refractivity contribution in [2.75, 3.05) is 5.32 Å². The van der Waals surface area contributed by atoms with Gasteiger partial charge in [0.2, 0.25) is 0 Å². The van der Waals surface area contributed by atoms with Gasteiger partial charge < -0.3 is 11.1 Å². The second kappa shape index (κ2) is 4.52. The molecule has 0 saturated heterocycles. The van der Waals surface area contributed by atoms with E-state index in [1.165, 1.54) is 0 Å². The third kappa shape index (κ3) is 2.76. The standard InChI is InChI=1S/C10H9F5N2O/c1-9(16,10(13,14)15)8(18)17-7-3-2-5(11)4-6(7)12/h2-4H,16H2,1H3,(H,17,18). The zero-order valence-corrected chi connectivity index (χ0v) is 9.11. The number of anilines is 1. The van der Waals surface area contributed by atoms with E-state index in [1.54, 1.807) is 5.32 Å². The lowest BCUT2D eigenvalue weighted by Gasteiger charge is -2.26. The van der Waals surface area contributed by atoms with Crippen LogP contribution in [0.1, 0.15) is 6.92 Å². The first-order chi connectivity index (χ1) is 8.05. The molecule has 8 heteroatoms. The summed E-state index contributed by atoms with van der Waals surface area (Å²) in [5, 5.41) is 1.66. The van der Waals surface area contributed by atoms with Crippen molar-refractivity contribution in [1.29, 1.82) is 0 Å². The molecule has 18 heavy (non-hydrogen) atoms. The summed E-state index contributed by atoms with van der Waals surface area (Å²) in [6.07, 6.45) is -4.99. The Kier molecular flexibility index (Phi) is 3.61. The van der Waals surface area contributed by atoms with Gasteiger partial charge in [-0.05, 0) is 19.1 Å².